The Morgan fingerprint density at radius 3 is 2.58 bits per heavy atom. The maximum absolute atomic E-state index is 13.7. The van der Waals surface area contributed by atoms with Crippen LogP contribution in [-0.2, 0) is 25.6 Å². The summed E-state index contributed by atoms with van der Waals surface area (Å²) < 4.78 is 18.3. The molecular formula is C33H47NO6. The Bertz CT molecular complexity index is 1120. The predicted octanol–water partition coefficient (Wildman–Crippen LogP) is 5.26. The van der Waals surface area contributed by atoms with Crippen molar-refractivity contribution in [1.82, 2.24) is 4.90 Å². The first kappa shape index (κ1) is 28.2. The largest absolute Gasteiger partial charge is 0.497 e. The molecule has 5 aliphatic rings. The molecule has 1 aromatic carbocycles. The van der Waals surface area contributed by atoms with Gasteiger partial charge in [-0.3, -0.25) is 9.69 Å². The lowest BCUT2D eigenvalue weighted by atomic mass is 9.42. The number of carboxylic acid groups (broad SMARTS) is 1. The summed E-state index contributed by atoms with van der Waals surface area (Å²) in [5.41, 5.74) is -1.21. The lowest BCUT2D eigenvalue weighted by molar-refractivity contribution is -0.243. The van der Waals surface area contributed by atoms with Crippen LogP contribution in [0.2, 0.25) is 0 Å². The van der Waals surface area contributed by atoms with E-state index < -0.39 is 28.5 Å². The van der Waals surface area contributed by atoms with Crippen LogP contribution in [0.5, 0.6) is 5.75 Å². The number of carboxylic acids is 1. The molecule has 1 aliphatic heterocycles. The van der Waals surface area contributed by atoms with E-state index in [0.717, 1.165) is 50.8 Å². The number of fused-ring (bicyclic) bond motifs is 2. The molecule has 7 heteroatoms. The van der Waals surface area contributed by atoms with Gasteiger partial charge >= 0.3 is 5.97 Å². The molecule has 220 valence electrons. The van der Waals surface area contributed by atoms with E-state index in [1.165, 1.54) is 5.56 Å². The zero-order chi connectivity index (χ0) is 28.4. The second-order valence-electron chi connectivity index (χ2n) is 14.2. The molecule has 10 atom stereocenters. The molecule has 4 bridgehead atoms. The molecule has 1 heterocycles. The third-order valence-corrected chi connectivity index (χ3v) is 12.2. The molecule has 1 aromatic rings. The van der Waals surface area contributed by atoms with Crippen molar-refractivity contribution in [3.63, 3.8) is 0 Å². The summed E-state index contributed by atoms with van der Waals surface area (Å²) in [6.07, 6.45) is 5.18. The summed E-state index contributed by atoms with van der Waals surface area (Å²) in [4.78, 5) is 29.3. The number of carbonyl (C=O) groups is 2. The van der Waals surface area contributed by atoms with Gasteiger partial charge in [0.15, 0.2) is 6.29 Å². The van der Waals surface area contributed by atoms with Crippen molar-refractivity contribution in [2.75, 3.05) is 26.8 Å². The van der Waals surface area contributed by atoms with E-state index in [9.17, 15) is 14.7 Å². The molecule has 4 aliphatic carbocycles. The van der Waals surface area contributed by atoms with Crippen LogP contribution in [-0.4, -0.2) is 61.5 Å². The van der Waals surface area contributed by atoms with Crippen LogP contribution >= 0.6 is 0 Å². The molecule has 1 saturated heterocycles. The van der Waals surface area contributed by atoms with Crippen molar-refractivity contribution in [1.29, 1.82) is 0 Å². The van der Waals surface area contributed by atoms with E-state index in [4.69, 9.17) is 14.2 Å². The molecule has 0 amide bonds. The SMILES string of the molecule is COc1ccc(CN2C[C@H](OC[C@@]34C[C@@H]5[C@H](C)CC[C@H]5[C@@]5(C=O)C[C@@H]3CC(C(C)C)[C@@]45C(=O)O)O[C@H](C)C2)cc1. The molecule has 1 N–H and O–H groups in total. The fraction of sp³-hybridized carbons (Fsp3) is 0.758. The number of rotatable bonds is 9. The number of carbonyl (C=O) groups excluding carboxylic acids is 1. The number of methoxy groups -OCH3 is 1. The van der Waals surface area contributed by atoms with Crippen molar-refractivity contribution in [3.05, 3.63) is 29.8 Å². The van der Waals surface area contributed by atoms with Crippen LogP contribution in [0.15, 0.2) is 24.3 Å². The highest BCUT2D eigenvalue weighted by Crippen LogP contribution is 2.84. The van der Waals surface area contributed by atoms with Crippen molar-refractivity contribution in [2.45, 2.75) is 78.7 Å². The monoisotopic (exact) mass is 553 g/mol. The van der Waals surface area contributed by atoms with Gasteiger partial charge in [0.05, 0.1) is 25.2 Å². The second-order valence-corrected chi connectivity index (χ2v) is 14.2. The van der Waals surface area contributed by atoms with E-state index in [-0.39, 0.29) is 29.8 Å². The van der Waals surface area contributed by atoms with E-state index in [1.807, 2.05) is 12.1 Å². The van der Waals surface area contributed by atoms with E-state index in [2.05, 4.69) is 44.7 Å². The maximum Gasteiger partial charge on any atom is 0.311 e. The van der Waals surface area contributed by atoms with E-state index in [0.29, 0.717) is 31.4 Å². The van der Waals surface area contributed by atoms with Crippen LogP contribution in [0.4, 0.5) is 0 Å². The summed E-state index contributed by atoms with van der Waals surface area (Å²) in [5, 5.41) is 11.2. The molecule has 6 rings (SSSR count). The lowest BCUT2D eigenvalue weighted by Crippen LogP contribution is -2.65. The summed E-state index contributed by atoms with van der Waals surface area (Å²) in [7, 11) is 1.67. The molecule has 0 radical (unpaired) electrons. The van der Waals surface area contributed by atoms with Gasteiger partial charge in [0, 0.05) is 30.5 Å². The molecule has 1 unspecified atom stereocenters. The van der Waals surface area contributed by atoms with E-state index in [1.54, 1.807) is 7.11 Å². The summed E-state index contributed by atoms with van der Waals surface area (Å²) >= 11 is 0. The van der Waals surface area contributed by atoms with Gasteiger partial charge < -0.3 is 24.1 Å². The number of hydrogen-bond donors (Lipinski definition) is 1. The molecule has 0 aromatic heterocycles. The zero-order valence-corrected chi connectivity index (χ0v) is 24.8. The Labute approximate surface area is 238 Å². The Hall–Kier alpha value is -1.96. The molecule has 40 heavy (non-hydrogen) atoms. The fourth-order valence-electron chi connectivity index (χ4n) is 10.8. The molecule has 7 nitrogen and oxygen atoms in total. The normalized spacial score (nSPS) is 44.1. The van der Waals surface area contributed by atoms with Gasteiger partial charge in [0.2, 0.25) is 0 Å². The van der Waals surface area contributed by atoms with Gasteiger partial charge in [0.25, 0.3) is 0 Å². The Kier molecular flexibility index (Phi) is 7.11. The Balaban J connectivity index is 1.29. The van der Waals surface area contributed by atoms with Crippen LogP contribution in [0.3, 0.4) is 0 Å². The first-order valence-corrected chi connectivity index (χ1v) is 15.4. The summed E-state index contributed by atoms with van der Waals surface area (Å²) in [6, 6.07) is 8.15. The number of benzene rings is 1. The highest BCUT2D eigenvalue weighted by Gasteiger charge is 2.86. The number of aliphatic carboxylic acids is 1. The van der Waals surface area contributed by atoms with Crippen molar-refractivity contribution in [3.8, 4) is 5.75 Å². The average Bonchev–Trinajstić information content (AvgIpc) is 3.49. The van der Waals surface area contributed by atoms with Crippen LogP contribution in [0.25, 0.3) is 0 Å². The average molecular weight is 554 g/mol. The number of nitrogens with zero attached hydrogens (tertiary/aromatic N) is 1. The third kappa shape index (κ3) is 3.79. The minimum atomic E-state index is -1.07. The Morgan fingerprint density at radius 2 is 1.93 bits per heavy atom. The highest BCUT2D eigenvalue weighted by molar-refractivity contribution is 5.86. The topological polar surface area (TPSA) is 85.3 Å². The zero-order valence-electron chi connectivity index (χ0n) is 24.8. The van der Waals surface area contributed by atoms with Crippen LogP contribution in [0.1, 0.15) is 65.4 Å². The Morgan fingerprint density at radius 1 is 1.18 bits per heavy atom. The van der Waals surface area contributed by atoms with Gasteiger partial charge in [-0.25, -0.2) is 0 Å². The third-order valence-electron chi connectivity index (χ3n) is 12.2. The molecule has 5 fully saturated rings. The minimum absolute atomic E-state index is 0.00583. The molecule has 0 spiro atoms. The fourth-order valence-corrected chi connectivity index (χ4v) is 10.8. The minimum Gasteiger partial charge on any atom is -0.497 e. The number of aldehydes is 1. The van der Waals surface area contributed by atoms with Gasteiger partial charge in [-0.2, -0.15) is 0 Å². The standard InChI is InChI=1S/C33H47NO6/c1-20(2)28-12-24-13-31(18-35)27-11-6-21(3)26(27)14-32(24,33(28,31)30(36)37)19-39-29-17-34(15-22(4)40-29)16-23-7-9-25(38-5)10-8-23/h7-10,18,20-22,24,26-29H,6,11-17,19H2,1-5H3,(H,36,37)/t21-,22-,24+,26-,27-,28?,29-,31+,32+,33+/m1/s1. The van der Waals surface area contributed by atoms with Crippen LogP contribution in [0, 0.1) is 51.8 Å². The lowest BCUT2D eigenvalue weighted by Gasteiger charge is -2.59. The quantitative estimate of drug-likeness (QED) is 0.418. The number of hydrogen-bond acceptors (Lipinski definition) is 6. The molecule has 4 saturated carbocycles. The van der Waals surface area contributed by atoms with Gasteiger partial charge in [-0.05, 0) is 85.8 Å². The van der Waals surface area contributed by atoms with E-state index >= 15 is 0 Å². The van der Waals surface area contributed by atoms with Crippen LogP contribution < -0.4 is 4.74 Å². The number of morpholine rings is 1. The second kappa shape index (κ2) is 10.1. The first-order valence-electron chi connectivity index (χ1n) is 15.4. The summed E-state index contributed by atoms with van der Waals surface area (Å²) in [5.74, 6) is 1.51. The van der Waals surface area contributed by atoms with Crippen molar-refractivity contribution >= 4 is 12.3 Å². The first-order chi connectivity index (χ1) is 19.1. The predicted molar refractivity (Wildman–Crippen MR) is 151 cm³/mol. The van der Waals surface area contributed by atoms with Crippen molar-refractivity contribution in [2.24, 2.45) is 51.8 Å². The van der Waals surface area contributed by atoms with Crippen molar-refractivity contribution < 1.29 is 28.9 Å². The smallest absolute Gasteiger partial charge is 0.311 e. The van der Waals surface area contributed by atoms with Gasteiger partial charge in [-0.15, -0.1) is 0 Å². The summed E-state index contributed by atoms with van der Waals surface area (Å²) in [6.45, 7) is 11.3. The highest BCUT2D eigenvalue weighted by atomic mass is 16.7. The molecular weight excluding hydrogens is 506 g/mol. The maximum atomic E-state index is 13.7. The number of ether oxygens (including phenoxy) is 3. The van der Waals surface area contributed by atoms with Gasteiger partial charge in [-0.1, -0.05) is 39.3 Å². The van der Waals surface area contributed by atoms with Gasteiger partial charge in [0.1, 0.15) is 12.0 Å².